The van der Waals surface area contributed by atoms with Gasteiger partial charge in [-0.1, -0.05) is 0 Å². The smallest absolute Gasteiger partial charge is 0.121 e. The van der Waals surface area contributed by atoms with Gasteiger partial charge >= 0.3 is 0 Å². The summed E-state index contributed by atoms with van der Waals surface area (Å²) in [6.45, 7) is 4.64. The van der Waals surface area contributed by atoms with Gasteiger partial charge in [0, 0.05) is 11.3 Å². The Morgan fingerprint density at radius 3 is 2.53 bits per heavy atom. The number of hydrogen-bond donors (Lipinski definition) is 1. The summed E-state index contributed by atoms with van der Waals surface area (Å²) in [6.07, 6.45) is 0. The Morgan fingerprint density at radius 1 is 1.29 bits per heavy atom. The van der Waals surface area contributed by atoms with Gasteiger partial charge in [-0.05, 0) is 38.1 Å². The summed E-state index contributed by atoms with van der Waals surface area (Å²) in [7, 11) is 0. The summed E-state index contributed by atoms with van der Waals surface area (Å²) < 4.78 is 5.40. The van der Waals surface area contributed by atoms with Crippen molar-refractivity contribution in [1.82, 2.24) is 9.97 Å². The third-order valence-corrected chi connectivity index (χ3v) is 2.75. The standard InChI is InChI=1S/C13H15ClN2O/c1-3-17-11-6-4-10(5-7-11)13-9(2)15-12(8-14)16-13/h4-7H,3,8H2,1-2H3,(H,15,16). The van der Waals surface area contributed by atoms with Crippen molar-refractivity contribution >= 4 is 11.6 Å². The molecule has 0 saturated carbocycles. The molecular weight excluding hydrogens is 236 g/mol. The van der Waals surface area contributed by atoms with Crippen LogP contribution < -0.4 is 4.74 Å². The zero-order valence-electron chi connectivity index (χ0n) is 9.96. The monoisotopic (exact) mass is 250 g/mol. The second kappa shape index (κ2) is 5.23. The summed E-state index contributed by atoms with van der Waals surface area (Å²) in [5, 5.41) is 0. The van der Waals surface area contributed by atoms with Gasteiger partial charge in [0.2, 0.25) is 0 Å². The van der Waals surface area contributed by atoms with Crippen LogP contribution in [-0.2, 0) is 5.88 Å². The average molecular weight is 251 g/mol. The number of nitrogens with zero attached hydrogens (tertiary/aromatic N) is 1. The summed E-state index contributed by atoms with van der Waals surface area (Å²) in [4.78, 5) is 7.60. The van der Waals surface area contributed by atoms with E-state index in [1.54, 1.807) is 0 Å². The maximum absolute atomic E-state index is 5.75. The minimum atomic E-state index is 0.401. The van der Waals surface area contributed by atoms with E-state index in [2.05, 4.69) is 9.97 Å². The van der Waals surface area contributed by atoms with Crippen LogP contribution in [0.25, 0.3) is 11.3 Å². The predicted molar refractivity (Wildman–Crippen MR) is 69.5 cm³/mol. The number of aromatic amines is 1. The van der Waals surface area contributed by atoms with E-state index in [4.69, 9.17) is 16.3 Å². The first-order valence-electron chi connectivity index (χ1n) is 5.59. The zero-order chi connectivity index (χ0) is 12.3. The Morgan fingerprint density at radius 2 is 2.00 bits per heavy atom. The maximum atomic E-state index is 5.75. The van der Waals surface area contributed by atoms with Crippen LogP contribution >= 0.6 is 11.6 Å². The second-order valence-corrected chi connectivity index (χ2v) is 4.02. The largest absolute Gasteiger partial charge is 0.494 e. The summed E-state index contributed by atoms with van der Waals surface area (Å²) in [5.74, 6) is 2.08. The van der Waals surface area contributed by atoms with Crippen molar-refractivity contribution in [2.45, 2.75) is 19.7 Å². The lowest BCUT2D eigenvalue weighted by Gasteiger charge is -2.03. The number of halogens is 1. The molecule has 1 aromatic heterocycles. The number of hydrogen-bond acceptors (Lipinski definition) is 2. The fourth-order valence-electron chi connectivity index (χ4n) is 1.74. The molecule has 0 aliphatic rings. The minimum Gasteiger partial charge on any atom is -0.494 e. The molecule has 1 heterocycles. The number of aryl methyl sites for hydroxylation is 1. The highest BCUT2D eigenvalue weighted by atomic mass is 35.5. The molecule has 0 aliphatic carbocycles. The fourth-order valence-corrected chi connectivity index (χ4v) is 1.87. The zero-order valence-corrected chi connectivity index (χ0v) is 10.7. The molecule has 4 heteroatoms. The van der Waals surface area contributed by atoms with Gasteiger partial charge < -0.3 is 9.72 Å². The lowest BCUT2D eigenvalue weighted by molar-refractivity contribution is 0.340. The third-order valence-electron chi connectivity index (χ3n) is 2.50. The SMILES string of the molecule is CCOc1ccc(-c2nc(CCl)[nH]c2C)cc1. The van der Waals surface area contributed by atoms with Gasteiger partial charge in [-0.15, -0.1) is 11.6 Å². The molecule has 0 aliphatic heterocycles. The van der Waals surface area contributed by atoms with Crippen molar-refractivity contribution in [2.75, 3.05) is 6.61 Å². The Labute approximate surface area is 106 Å². The molecule has 1 aromatic carbocycles. The minimum absolute atomic E-state index is 0.401. The Hall–Kier alpha value is -1.48. The van der Waals surface area contributed by atoms with Crippen molar-refractivity contribution < 1.29 is 4.74 Å². The number of alkyl halides is 1. The molecule has 0 unspecified atom stereocenters. The van der Waals surface area contributed by atoms with E-state index >= 15 is 0 Å². The van der Waals surface area contributed by atoms with Gasteiger partial charge in [0.25, 0.3) is 0 Å². The Bertz CT molecular complexity index is 491. The lowest BCUT2D eigenvalue weighted by atomic mass is 10.1. The molecular formula is C13H15ClN2O. The fraction of sp³-hybridized carbons (Fsp3) is 0.308. The first-order valence-corrected chi connectivity index (χ1v) is 6.12. The lowest BCUT2D eigenvalue weighted by Crippen LogP contribution is -1.90. The van der Waals surface area contributed by atoms with E-state index in [0.29, 0.717) is 12.5 Å². The number of H-pyrrole nitrogens is 1. The molecule has 1 N–H and O–H groups in total. The van der Waals surface area contributed by atoms with Crippen LogP contribution in [0.4, 0.5) is 0 Å². The van der Waals surface area contributed by atoms with Gasteiger partial charge in [-0.2, -0.15) is 0 Å². The molecule has 0 saturated heterocycles. The second-order valence-electron chi connectivity index (χ2n) is 3.75. The van der Waals surface area contributed by atoms with E-state index < -0.39 is 0 Å². The molecule has 2 aromatic rings. The van der Waals surface area contributed by atoms with E-state index in [1.165, 1.54) is 0 Å². The Kier molecular flexibility index (Phi) is 3.69. The topological polar surface area (TPSA) is 37.9 Å². The normalized spacial score (nSPS) is 10.5. The van der Waals surface area contributed by atoms with E-state index in [0.717, 1.165) is 28.5 Å². The number of rotatable bonds is 4. The highest BCUT2D eigenvalue weighted by molar-refractivity contribution is 6.16. The van der Waals surface area contributed by atoms with Crippen LogP contribution in [0.2, 0.25) is 0 Å². The van der Waals surface area contributed by atoms with Gasteiger partial charge in [-0.3, -0.25) is 0 Å². The molecule has 0 radical (unpaired) electrons. The molecule has 0 spiro atoms. The van der Waals surface area contributed by atoms with Crippen molar-refractivity contribution in [3.63, 3.8) is 0 Å². The molecule has 3 nitrogen and oxygen atoms in total. The summed E-state index contributed by atoms with van der Waals surface area (Å²) >= 11 is 5.75. The predicted octanol–water partition coefficient (Wildman–Crippen LogP) is 3.52. The maximum Gasteiger partial charge on any atom is 0.121 e. The van der Waals surface area contributed by atoms with E-state index in [9.17, 15) is 0 Å². The van der Waals surface area contributed by atoms with Gasteiger partial charge in [0.15, 0.2) is 0 Å². The van der Waals surface area contributed by atoms with Gasteiger partial charge in [0.05, 0.1) is 18.2 Å². The third kappa shape index (κ3) is 2.61. The van der Waals surface area contributed by atoms with Crippen LogP contribution in [-0.4, -0.2) is 16.6 Å². The van der Waals surface area contributed by atoms with E-state index in [-0.39, 0.29) is 0 Å². The highest BCUT2D eigenvalue weighted by Gasteiger charge is 2.08. The van der Waals surface area contributed by atoms with Crippen molar-refractivity contribution in [3.05, 3.63) is 35.8 Å². The average Bonchev–Trinajstić information content (AvgIpc) is 2.72. The van der Waals surface area contributed by atoms with Gasteiger partial charge in [-0.25, -0.2) is 4.98 Å². The van der Waals surface area contributed by atoms with E-state index in [1.807, 2.05) is 38.1 Å². The molecule has 0 amide bonds. The van der Waals surface area contributed by atoms with Crippen LogP contribution in [0.5, 0.6) is 5.75 Å². The van der Waals surface area contributed by atoms with Crippen molar-refractivity contribution in [3.8, 4) is 17.0 Å². The van der Waals surface area contributed by atoms with Crippen LogP contribution in [0.1, 0.15) is 18.4 Å². The molecule has 17 heavy (non-hydrogen) atoms. The number of nitrogens with one attached hydrogen (secondary N) is 1. The first kappa shape index (κ1) is 12.0. The summed E-state index contributed by atoms with van der Waals surface area (Å²) in [5.41, 5.74) is 3.05. The Balaban J connectivity index is 2.29. The first-order chi connectivity index (χ1) is 8.24. The quantitative estimate of drug-likeness (QED) is 0.843. The number of imidazole rings is 1. The molecule has 2 rings (SSSR count). The molecule has 0 bridgehead atoms. The van der Waals surface area contributed by atoms with Crippen LogP contribution in [0.15, 0.2) is 24.3 Å². The number of benzene rings is 1. The van der Waals surface area contributed by atoms with Crippen LogP contribution in [0.3, 0.4) is 0 Å². The highest BCUT2D eigenvalue weighted by Crippen LogP contribution is 2.24. The van der Waals surface area contributed by atoms with Gasteiger partial charge in [0.1, 0.15) is 11.6 Å². The number of aromatic nitrogens is 2. The molecule has 90 valence electrons. The van der Waals surface area contributed by atoms with Crippen LogP contribution in [0, 0.1) is 6.92 Å². The molecule has 0 fully saturated rings. The van der Waals surface area contributed by atoms with Crippen molar-refractivity contribution in [1.29, 1.82) is 0 Å². The molecule has 0 atom stereocenters. The summed E-state index contributed by atoms with van der Waals surface area (Å²) in [6, 6.07) is 7.92. The van der Waals surface area contributed by atoms with Crippen molar-refractivity contribution in [2.24, 2.45) is 0 Å². The number of ether oxygens (including phenoxy) is 1.